The minimum Gasteiger partial charge on any atom is -0.466 e. The SMILES string of the molecule is COC(=O)C=C1CC(C)(C)NC(C)(C)C1. The van der Waals surface area contributed by atoms with Gasteiger partial charge in [-0.1, -0.05) is 5.57 Å². The summed E-state index contributed by atoms with van der Waals surface area (Å²) in [5, 5.41) is 3.56. The van der Waals surface area contributed by atoms with Crippen molar-refractivity contribution in [1.29, 1.82) is 0 Å². The van der Waals surface area contributed by atoms with Gasteiger partial charge in [-0.25, -0.2) is 4.79 Å². The summed E-state index contributed by atoms with van der Waals surface area (Å²) in [5.74, 6) is -0.251. The number of piperidine rings is 1. The van der Waals surface area contributed by atoms with Crippen LogP contribution in [0.15, 0.2) is 11.6 Å². The molecule has 1 N–H and O–H groups in total. The average Bonchev–Trinajstić information content (AvgIpc) is 1.97. The molecule has 0 atom stereocenters. The summed E-state index contributed by atoms with van der Waals surface area (Å²) in [6.07, 6.45) is 3.42. The van der Waals surface area contributed by atoms with Crippen LogP contribution in [0.25, 0.3) is 0 Å². The molecule has 0 bridgehead atoms. The van der Waals surface area contributed by atoms with Crippen molar-refractivity contribution in [1.82, 2.24) is 5.32 Å². The Hall–Kier alpha value is -0.830. The molecular weight excluding hydrogens is 190 g/mol. The number of hydrogen-bond donors (Lipinski definition) is 1. The first-order valence-electron chi connectivity index (χ1n) is 5.31. The molecule has 0 spiro atoms. The molecule has 1 heterocycles. The summed E-state index contributed by atoms with van der Waals surface area (Å²) in [5.41, 5.74) is 1.25. The molecule has 1 aliphatic rings. The highest BCUT2D eigenvalue weighted by Crippen LogP contribution is 2.32. The van der Waals surface area contributed by atoms with Crippen molar-refractivity contribution in [3.63, 3.8) is 0 Å². The van der Waals surface area contributed by atoms with E-state index in [-0.39, 0.29) is 17.0 Å². The number of rotatable bonds is 1. The molecule has 0 unspecified atom stereocenters. The van der Waals surface area contributed by atoms with Crippen molar-refractivity contribution in [2.75, 3.05) is 7.11 Å². The Balaban J connectivity index is 2.84. The molecule has 1 rings (SSSR count). The molecular formula is C12H21NO2. The van der Waals surface area contributed by atoms with E-state index < -0.39 is 0 Å². The maximum absolute atomic E-state index is 11.2. The van der Waals surface area contributed by atoms with E-state index in [1.54, 1.807) is 6.08 Å². The fourth-order valence-corrected chi connectivity index (χ4v) is 2.53. The van der Waals surface area contributed by atoms with Gasteiger partial charge >= 0.3 is 5.97 Å². The molecule has 86 valence electrons. The second-order valence-electron chi connectivity index (χ2n) is 5.57. The Labute approximate surface area is 91.9 Å². The van der Waals surface area contributed by atoms with Crippen molar-refractivity contribution in [2.45, 2.75) is 51.6 Å². The molecule has 1 aliphatic heterocycles. The van der Waals surface area contributed by atoms with Crippen LogP contribution in [-0.4, -0.2) is 24.2 Å². The zero-order valence-electron chi connectivity index (χ0n) is 10.3. The third-order valence-electron chi connectivity index (χ3n) is 2.54. The van der Waals surface area contributed by atoms with Crippen molar-refractivity contribution in [2.24, 2.45) is 0 Å². The number of carbonyl (C=O) groups excluding carboxylic acids is 1. The highest BCUT2D eigenvalue weighted by Gasteiger charge is 2.34. The Morgan fingerprint density at radius 3 is 2.13 bits per heavy atom. The quantitative estimate of drug-likeness (QED) is 0.532. The van der Waals surface area contributed by atoms with Gasteiger partial charge < -0.3 is 10.1 Å². The van der Waals surface area contributed by atoms with Gasteiger partial charge in [0.2, 0.25) is 0 Å². The number of esters is 1. The third-order valence-corrected chi connectivity index (χ3v) is 2.54. The van der Waals surface area contributed by atoms with Crippen molar-refractivity contribution >= 4 is 5.97 Å². The lowest BCUT2D eigenvalue weighted by Crippen LogP contribution is -2.56. The molecule has 0 amide bonds. The lowest BCUT2D eigenvalue weighted by molar-refractivity contribution is -0.134. The average molecular weight is 211 g/mol. The second-order valence-corrected chi connectivity index (χ2v) is 5.57. The predicted molar refractivity (Wildman–Crippen MR) is 60.6 cm³/mol. The van der Waals surface area contributed by atoms with Crippen LogP contribution in [0, 0.1) is 0 Å². The first kappa shape index (κ1) is 12.2. The predicted octanol–water partition coefficient (Wildman–Crippen LogP) is 2.03. The van der Waals surface area contributed by atoms with Gasteiger partial charge in [0.1, 0.15) is 0 Å². The summed E-state index contributed by atoms with van der Waals surface area (Å²) in [6, 6.07) is 0. The van der Waals surface area contributed by atoms with Crippen molar-refractivity contribution in [3.8, 4) is 0 Å². The Morgan fingerprint density at radius 1 is 1.27 bits per heavy atom. The molecule has 3 nitrogen and oxygen atoms in total. The molecule has 15 heavy (non-hydrogen) atoms. The van der Waals surface area contributed by atoms with Gasteiger partial charge in [-0.15, -0.1) is 0 Å². The van der Waals surface area contributed by atoms with Gasteiger partial charge in [-0.3, -0.25) is 0 Å². The zero-order chi connectivity index (χ0) is 11.7. The smallest absolute Gasteiger partial charge is 0.330 e. The van der Waals surface area contributed by atoms with Crippen molar-refractivity contribution < 1.29 is 9.53 Å². The van der Waals surface area contributed by atoms with Crippen LogP contribution in [0.3, 0.4) is 0 Å². The van der Waals surface area contributed by atoms with Crippen LogP contribution in [-0.2, 0) is 9.53 Å². The lowest BCUT2D eigenvalue weighted by Gasteiger charge is -2.43. The van der Waals surface area contributed by atoms with Gasteiger partial charge in [-0.05, 0) is 40.5 Å². The fourth-order valence-electron chi connectivity index (χ4n) is 2.53. The second kappa shape index (κ2) is 3.97. The topological polar surface area (TPSA) is 38.3 Å². The number of carbonyl (C=O) groups is 1. The monoisotopic (exact) mass is 211 g/mol. The van der Waals surface area contributed by atoms with E-state index >= 15 is 0 Å². The van der Waals surface area contributed by atoms with Crippen LogP contribution >= 0.6 is 0 Å². The van der Waals surface area contributed by atoms with Crippen LogP contribution in [0.2, 0.25) is 0 Å². The third kappa shape index (κ3) is 3.67. The molecule has 1 saturated heterocycles. The maximum Gasteiger partial charge on any atom is 0.330 e. The van der Waals surface area contributed by atoms with Gasteiger partial charge in [0.25, 0.3) is 0 Å². The summed E-state index contributed by atoms with van der Waals surface area (Å²) in [6.45, 7) is 8.61. The van der Waals surface area contributed by atoms with Crippen LogP contribution in [0.5, 0.6) is 0 Å². The standard InChI is InChI=1S/C12H21NO2/c1-11(2)7-9(6-10(14)15-5)8-12(3,4)13-11/h6,13H,7-8H2,1-5H3. The Bertz CT molecular complexity index is 272. The minimum atomic E-state index is -0.251. The van der Waals surface area contributed by atoms with E-state index in [4.69, 9.17) is 0 Å². The molecule has 0 aromatic rings. The van der Waals surface area contributed by atoms with E-state index in [0.29, 0.717) is 0 Å². The highest BCUT2D eigenvalue weighted by molar-refractivity contribution is 5.82. The summed E-state index contributed by atoms with van der Waals surface area (Å²) in [7, 11) is 1.41. The van der Waals surface area contributed by atoms with E-state index in [0.717, 1.165) is 18.4 Å². The van der Waals surface area contributed by atoms with Gasteiger partial charge in [-0.2, -0.15) is 0 Å². The molecule has 0 aliphatic carbocycles. The van der Waals surface area contributed by atoms with Crippen LogP contribution in [0.1, 0.15) is 40.5 Å². The van der Waals surface area contributed by atoms with Gasteiger partial charge in [0.05, 0.1) is 7.11 Å². The molecule has 0 saturated carbocycles. The van der Waals surface area contributed by atoms with Gasteiger partial charge in [0.15, 0.2) is 0 Å². The first-order chi connectivity index (χ1) is 6.74. The summed E-state index contributed by atoms with van der Waals surface area (Å²) in [4.78, 5) is 11.2. The van der Waals surface area contributed by atoms with Crippen LogP contribution < -0.4 is 5.32 Å². The highest BCUT2D eigenvalue weighted by atomic mass is 16.5. The minimum absolute atomic E-state index is 0.0433. The molecule has 1 fully saturated rings. The largest absolute Gasteiger partial charge is 0.466 e. The number of ether oxygens (including phenoxy) is 1. The normalized spacial score (nSPS) is 23.4. The van der Waals surface area contributed by atoms with Crippen LogP contribution in [0.4, 0.5) is 0 Å². The number of nitrogens with one attached hydrogen (secondary N) is 1. The van der Waals surface area contributed by atoms with E-state index in [2.05, 4.69) is 37.7 Å². The lowest BCUT2D eigenvalue weighted by atomic mass is 9.79. The van der Waals surface area contributed by atoms with E-state index in [1.165, 1.54) is 7.11 Å². The van der Waals surface area contributed by atoms with E-state index in [9.17, 15) is 4.79 Å². The summed E-state index contributed by atoms with van der Waals surface area (Å²) >= 11 is 0. The van der Waals surface area contributed by atoms with Gasteiger partial charge in [0, 0.05) is 17.2 Å². The molecule has 0 radical (unpaired) electrons. The fraction of sp³-hybridized carbons (Fsp3) is 0.750. The first-order valence-corrected chi connectivity index (χ1v) is 5.31. The maximum atomic E-state index is 11.2. The summed E-state index contributed by atoms with van der Waals surface area (Å²) < 4.78 is 4.65. The Morgan fingerprint density at radius 2 is 1.73 bits per heavy atom. The zero-order valence-corrected chi connectivity index (χ0v) is 10.3. The molecule has 0 aromatic carbocycles. The van der Waals surface area contributed by atoms with Crippen molar-refractivity contribution in [3.05, 3.63) is 11.6 Å². The number of hydrogen-bond acceptors (Lipinski definition) is 3. The number of methoxy groups -OCH3 is 1. The Kier molecular flexibility index (Phi) is 3.24. The van der Waals surface area contributed by atoms with E-state index in [1.807, 2.05) is 0 Å². The molecule has 3 heteroatoms. The molecule has 0 aromatic heterocycles.